The van der Waals surface area contributed by atoms with Crippen LogP contribution in [0.5, 0.6) is 0 Å². The zero-order chi connectivity index (χ0) is 29.1. The molecular formula is C39H31BO3. The Hall–Kier alpha value is -4.38. The van der Waals surface area contributed by atoms with E-state index in [0.29, 0.717) is 0 Å². The summed E-state index contributed by atoms with van der Waals surface area (Å²) in [6.07, 6.45) is 4.52. The Morgan fingerprint density at radius 1 is 0.512 bits per heavy atom. The molecule has 9 rings (SSSR count). The first-order chi connectivity index (χ1) is 20.8. The molecule has 1 aromatic heterocycles. The lowest BCUT2D eigenvalue weighted by atomic mass is 9.64. The van der Waals surface area contributed by atoms with E-state index in [2.05, 4.69) is 137 Å². The maximum atomic E-state index is 6.57. The topological polar surface area (TPSA) is 31.6 Å². The summed E-state index contributed by atoms with van der Waals surface area (Å²) in [7, 11) is -0.455. The predicted octanol–water partition coefficient (Wildman–Crippen LogP) is 8.73. The van der Waals surface area contributed by atoms with Crippen molar-refractivity contribution in [1.29, 1.82) is 0 Å². The second kappa shape index (κ2) is 8.38. The first-order valence-corrected chi connectivity index (χ1v) is 15.1. The van der Waals surface area contributed by atoms with Gasteiger partial charge in [0.25, 0.3) is 0 Å². The van der Waals surface area contributed by atoms with Gasteiger partial charge in [-0.2, -0.15) is 0 Å². The highest BCUT2D eigenvalue weighted by atomic mass is 16.7. The number of rotatable bonds is 1. The van der Waals surface area contributed by atoms with Gasteiger partial charge < -0.3 is 13.7 Å². The fraction of sp³-hybridized carbons (Fsp3) is 0.179. The summed E-state index contributed by atoms with van der Waals surface area (Å²) < 4.78 is 19.6. The van der Waals surface area contributed by atoms with E-state index in [1.165, 1.54) is 44.5 Å². The van der Waals surface area contributed by atoms with E-state index in [-0.39, 0.29) is 0 Å². The van der Waals surface area contributed by atoms with Crippen molar-refractivity contribution in [3.8, 4) is 11.1 Å². The Bertz CT molecular complexity index is 2150. The summed E-state index contributed by atoms with van der Waals surface area (Å²) in [6, 6.07) is 37.5. The Morgan fingerprint density at radius 2 is 1.19 bits per heavy atom. The fourth-order valence-corrected chi connectivity index (χ4v) is 7.55. The standard InChI is InChI=1S/C39H31BO3/c1-37(2)38(3,4)43-40(42-37)26-20-19-25-18-17-24-11-5-8-14-31(24)39(33(25)21-26)32-15-9-6-12-27(32)29-22-30-28-13-7-10-16-35(28)41-36(30)23-34(29)39/h5-23H,1-4H3. The van der Waals surface area contributed by atoms with Crippen LogP contribution < -0.4 is 5.46 Å². The molecule has 0 N–H and O–H groups in total. The highest BCUT2D eigenvalue weighted by Crippen LogP contribution is 2.59. The number of para-hydroxylation sites is 1. The first-order valence-electron chi connectivity index (χ1n) is 15.1. The molecule has 1 spiro atoms. The number of benzene rings is 5. The molecule has 1 saturated heterocycles. The van der Waals surface area contributed by atoms with Crippen LogP contribution in [0.2, 0.25) is 0 Å². The molecule has 1 aliphatic heterocycles. The van der Waals surface area contributed by atoms with Crippen LogP contribution in [-0.4, -0.2) is 18.3 Å². The van der Waals surface area contributed by atoms with E-state index in [4.69, 9.17) is 13.7 Å². The number of hydrogen-bond donors (Lipinski definition) is 0. The van der Waals surface area contributed by atoms with E-state index in [1.807, 2.05) is 6.07 Å². The molecule has 5 aromatic carbocycles. The average molecular weight is 558 g/mol. The molecule has 0 bridgehead atoms. The minimum absolute atomic E-state index is 0.423. The monoisotopic (exact) mass is 558 g/mol. The maximum Gasteiger partial charge on any atom is 0.494 e. The van der Waals surface area contributed by atoms with Gasteiger partial charge in [-0.3, -0.25) is 0 Å². The summed E-state index contributed by atoms with van der Waals surface area (Å²) in [5, 5.41) is 2.29. The highest BCUT2D eigenvalue weighted by Gasteiger charge is 2.53. The Balaban J connectivity index is 1.39. The van der Waals surface area contributed by atoms with Crippen molar-refractivity contribution in [3.05, 3.63) is 137 Å². The van der Waals surface area contributed by atoms with Crippen LogP contribution in [0.15, 0.2) is 108 Å². The maximum absolute atomic E-state index is 6.57. The summed E-state index contributed by atoms with van der Waals surface area (Å²) in [6.45, 7) is 8.44. The molecule has 3 nitrogen and oxygen atoms in total. The van der Waals surface area contributed by atoms with Crippen LogP contribution in [0.4, 0.5) is 0 Å². The third-order valence-electron chi connectivity index (χ3n) is 10.4. The normalized spacial score (nSPS) is 20.7. The second-order valence-corrected chi connectivity index (χ2v) is 13.1. The molecule has 43 heavy (non-hydrogen) atoms. The molecule has 6 aromatic rings. The second-order valence-electron chi connectivity index (χ2n) is 13.1. The van der Waals surface area contributed by atoms with Crippen molar-refractivity contribution < 1.29 is 13.7 Å². The van der Waals surface area contributed by atoms with Crippen molar-refractivity contribution in [2.24, 2.45) is 0 Å². The van der Waals surface area contributed by atoms with Crippen LogP contribution >= 0.6 is 0 Å². The van der Waals surface area contributed by atoms with Crippen LogP contribution in [-0.2, 0) is 14.7 Å². The van der Waals surface area contributed by atoms with Gasteiger partial charge in [0.15, 0.2) is 0 Å². The third kappa shape index (κ3) is 3.23. The van der Waals surface area contributed by atoms with Gasteiger partial charge in [0.2, 0.25) is 0 Å². The quantitative estimate of drug-likeness (QED) is 0.189. The SMILES string of the molecule is CC1(C)OB(c2ccc3c(c2)C2(c4ccccc4C=C3)c3ccccc3-c3cc4c(cc32)oc2ccccc24)OC1(C)C. The van der Waals surface area contributed by atoms with E-state index in [1.54, 1.807) is 0 Å². The van der Waals surface area contributed by atoms with Crippen molar-refractivity contribution in [2.75, 3.05) is 0 Å². The zero-order valence-corrected chi connectivity index (χ0v) is 24.8. The van der Waals surface area contributed by atoms with Crippen molar-refractivity contribution in [2.45, 2.75) is 44.3 Å². The van der Waals surface area contributed by atoms with Gasteiger partial charge in [0.05, 0.1) is 16.6 Å². The Morgan fingerprint density at radius 3 is 2.00 bits per heavy atom. The first kappa shape index (κ1) is 25.2. The summed E-state index contributed by atoms with van der Waals surface area (Å²) in [5.74, 6) is 0. The molecule has 3 aliphatic rings. The predicted molar refractivity (Wildman–Crippen MR) is 176 cm³/mol. The molecule has 0 saturated carbocycles. The minimum Gasteiger partial charge on any atom is -0.456 e. The Kier molecular flexibility index (Phi) is 4.90. The zero-order valence-electron chi connectivity index (χ0n) is 24.8. The molecular weight excluding hydrogens is 527 g/mol. The molecule has 208 valence electrons. The summed E-state index contributed by atoms with van der Waals surface area (Å²) in [4.78, 5) is 0. The van der Waals surface area contributed by atoms with Gasteiger partial charge in [-0.05, 0) is 95.9 Å². The van der Waals surface area contributed by atoms with Gasteiger partial charge in [-0.1, -0.05) is 97.1 Å². The number of furan rings is 1. The van der Waals surface area contributed by atoms with Gasteiger partial charge in [0.1, 0.15) is 11.2 Å². The van der Waals surface area contributed by atoms with Crippen LogP contribution in [0, 0.1) is 0 Å². The molecule has 0 radical (unpaired) electrons. The third-order valence-corrected chi connectivity index (χ3v) is 10.4. The number of fused-ring (bicyclic) bond motifs is 12. The number of hydrogen-bond acceptors (Lipinski definition) is 3. The molecule has 4 heteroatoms. The lowest BCUT2D eigenvalue weighted by Gasteiger charge is -2.35. The molecule has 2 heterocycles. The smallest absolute Gasteiger partial charge is 0.456 e. The van der Waals surface area contributed by atoms with Crippen LogP contribution in [0.3, 0.4) is 0 Å². The van der Waals surface area contributed by atoms with Crippen LogP contribution in [0.25, 0.3) is 45.2 Å². The van der Waals surface area contributed by atoms with E-state index in [0.717, 1.165) is 27.4 Å². The minimum atomic E-state index is -0.561. The average Bonchev–Trinajstić information content (AvgIpc) is 3.54. The van der Waals surface area contributed by atoms with Gasteiger partial charge in [-0.15, -0.1) is 0 Å². The fourth-order valence-electron chi connectivity index (χ4n) is 7.55. The van der Waals surface area contributed by atoms with E-state index in [9.17, 15) is 0 Å². The van der Waals surface area contributed by atoms with Crippen molar-refractivity contribution >= 4 is 46.7 Å². The molecule has 0 amide bonds. The van der Waals surface area contributed by atoms with Gasteiger partial charge in [0, 0.05) is 10.8 Å². The molecule has 1 unspecified atom stereocenters. The highest BCUT2D eigenvalue weighted by molar-refractivity contribution is 6.62. The van der Waals surface area contributed by atoms with Crippen molar-refractivity contribution in [1.82, 2.24) is 0 Å². The summed E-state index contributed by atoms with van der Waals surface area (Å²) in [5.41, 5.74) is 11.4. The van der Waals surface area contributed by atoms with Gasteiger partial charge in [-0.25, -0.2) is 0 Å². The van der Waals surface area contributed by atoms with Crippen molar-refractivity contribution in [3.63, 3.8) is 0 Å². The lowest BCUT2D eigenvalue weighted by Crippen LogP contribution is -2.41. The molecule has 1 atom stereocenters. The van der Waals surface area contributed by atoms with E-state index < -0.39 is 23.7 Å². The van der Waals surface area contributed by atoms with E-state index >= 15 is 0 Å². The lowest BCUT2D eigenvalue weighted by molar-refractivity contribution is 0.00578. The molecule has 2 aliphatic carbocycles. The van der Waals surface area contributed by atoms with Crippen LogP contribution in [0.1, 0.15) is 61.1 Å². The largest absolute Gasteiger partial charge is 0.494 e. The van der Waals surface area contributed by atoms with Gasteiger partial charge >= 0.3 is 7.12 Å². The Labute approximate surface area is 251 Å². The summed E-state index contributed by atoms with van der Waals surface area (Å²) >= 11 is 0. The molecule has 1 fully saturated rings.